The first-order valence-corrected chi connectivity index (χ1v) is 6.60. The standard InChI is InChI=1S/C8H5Cl3O2S/c9-7-3-1-2-6(8(7)10)4-5-14(11,12)13/h1-5H/b5-4+. The topological polar surface area (TPSA) is 34.1 Å². The highest BCUT2D eigenvalue weighted by molar-refractivity contribution is 8.16. The van der Waals surface area contributed by atoms with E-state index in [1.807, 2.05) is 0 Å². The third-order valence-corrected chi connectivity index (χ3v) is 2.99. The molecule has 0 atom stereocenters. The highest BCUT2D eigenvalue weighted by Gasteiger charge is 2.02. The predicted octanol–water partition coefficient (Wildman–Crippen LogP) is 3.53. The van der Waals surface area contributed by atoms with E-state index in [9.17, 15) is 8.42 Å². The number of hydrogen-bond donors (Lipinski definition) is 0. The van der Waals surface area contributed by atoms with Crippen molar-refractivity contribution in [2.24, 2.45) is 0 Å². The minimum atomic E-state index is -3.66. The maximum atomic E-state index is 10.6. The van der Waals surface area contributed by atoms with Gasteiger partial charge in [0.1, 0.15) is 0 Å². The number of rotatable bonds is 2. The Balaban J connectivity index is 3.11. The van der Waals surface area contributed by atoms with Crippen LogP contribution in [0.5, 0.6) is 0 Å². The number of benzene rings is 1. The largest absolute Gasteiger partial charge is 0.254 e. The molecular weight excluding hydrogens is 267 g/mol. The summed E-state index contributed by atoms with van der Waals surface area (Å²) < 4.78 is 21.2. The molecule has 0 aliphatic rings. The van der Waals surface area contributed by atoms with E-state index < -0.39 is 9.05 Å². The summed E-state index contributed by atoms with van der Waals surface area (Å²) in [5.41, 5.74) is 0.503. The highest BCUT2D eigenvalue weighted by Crippen LogP contribution is 2.26. The van der Waals surface area contributed by atoms with Gasteiger partial charge in [-0.3, -0.25) is 0 Å². The molecule has 1 aromatic rings. The van der Waals surface area contributed by atoms with E-state index in [0.717, 1.165) is 5.41 Å². The van der Waals surface area contributed by atoms with E-state index in [1.54, 1.807) is 18.2 Å². The fourth-order valence-corrected chi connectivity index (χ4v) is 1.64. The van der Waals surface area contributed by atoms with E-state index in [2.05, 4.69) is 0 Å². The molecule has 0 fully saturated rings. The van der Waals surface area contributed by atoms with Crippen LogP contribution in [0.15, 0.2) is 23.6 Å². The summed E-state index contributed by atoms with van der Waals surface area (Å²) in [4.78, 5) is 0. The van der Waals surface area contributed by atoms with Gasteiger partial charge < -0.3 is 0 Å². The van der Waals surface area contributed by atoms with Crippen LogP contribution in [0.25, 0.3) is 6.08 Å². The van der Waals surface area contributed by atoms with Gasteiger partial charge in [-0.25, -0.2) is 8.42 Å². The van der Waals surface area contributed by atoms with Crippen molar-refractivity contribution < 1.29 is 8.42 Å². The molecule has 0 saturated heterocycles. The van der Waals surface area contributed by atoms with Gasteiger partial charge in [-0.2, -0.15) is 0 Å². The molecule has 1 rings (SSSR count). The van der Waals surface area contributed by atoms with E-state index in [4.69, 9.17) is 33.9 Å². The molecule has 0 aliphatic carbocycles. The van der Waals surface area contributed by atoms with Crippen LogP contribution in [0.1, 0.15) is 5.56 Å². The molecule has 1 aromatic carbocycles. The SMILES string of the molecule is O=S(=O)(Cl)/C=C/c1cccc(Cl)c1Cl. The Morgan fingerprint density at radius 3 is 2.43 bits per heavy atom. The summed E-state index contributed by atoms with van der Waals surface area (Å²) >= 11 is 11.5. The summed E-state index contributed by atoms with van der Waals surface area (Å²) in [6.07, 6.45) is 1.29. The van der Waals surface area contributed by atoms with Gasteiger partial charge in [-0.05, 0) is 17.7 Å². The zero-order valence-electron chi connectivity index (χ0n) is 6.75. The van der Waals surface area contributed by atoms with Crippen molar-refractivity contribution in [2.45, 2.75) is 0 Å². The van der Waals surface area contributed by atoms with Gasteiger partial charge in [0.05, 0.1) is 10.0 Å². The Morgan fingerprint density at radius 1 is 1.21 bits per heavy atom. The van der Waals surface area contributed by atoms with Gasteiger partial charge in [0.15, 0.2) is 0 Å². The monoisotopic (exact) mass is 270 g/mol. The van der Waals surface area contributed by atoms with Crippen molar-refractivity contribution in [2.75, 3.05) is 0 Å². The van der Waals surface area contributed by atoms with E-state index in [1.165, 1.54) is 6.08 Å². The molecule has 0 heterocycles. The molecule has 2 nitrogen and oxygen atoms in total. The molecule has 76 valence electrons. The fourth-order valence-electron chi connectivity index (χ4n) is 0.804. The summed E-state index contributed by atoms with van der Waals surface area (Å²) in [6.45, 7) is 0. The first-order valence-electron chi connectivity index (χ1n) is 3.47. The van der Waals surface area contributed by atoms with Crippen LogP contribution >= 0.6 is 33.9 Å². The Hall–Kier alpha value is -0.220. The van der Waals surface area contributed by atoms with E-state index in [-0.39, 0.29) is 0 Å². The van der Waals surface area contributed by atoms with Gasteiger partial charge >= 0.3 is 0 Å². The first kappa shape index (κ1) is 11.9. The minimum absolute atomic E-state index is 0.297. The van der Waals surface area contributed by atoms with Crippen LogP contribution in [-0.4, -0.2) is 8.42 Å². The van der Waals surface area contributed by atoms with Gasteiger partial charge in [0.25, 0.3) is 9.05 Å². The lowest BCUT2D eigenvalue weighted by atomic mass is 10.2. The van der Waals surface area contributed by atoms with Crippen molar-refractivity contribution >= 4 is 49.0 Å². The Morgan fingerprint density at radius 2 is 1.86 bits per heavy atom. The Kier molecular flexibility index (Phi) is 3.84. The summed E-state index contributed by atoms with van der Waals surface area (Å²) in [5.74, 6) is 0. The molecule has 0 N–H and O–H groups in total. The zero-order chi connectivity index (χ0) is 10.8. The van der Waals surface area contributed by atoms with Crippen LogP contribution < -0.4 is 0 Å². The minimum Gasteiger partial charge on any atom is -0.208 e. The second kappa shape index (κ2) is 4.53. The molecule has 0 spiro atoms. The maximum absolute atomic E-state index is 10.6. The van der Waals surface area contributed by atoms with Gasteiger partial charge in [-0.15, -0.1) is 0 Å². The van der Waals surface area contributed by atoms with Crippen molar-refractivity contribution in [3.8, 4) is 0 Å². The van der Waals surface area contributed by atoms with Crippen LogP contribution in [-0.2, 0) is 9.05 Å². The van der Waals surface area contributed by atoms with Crippen LogP contribution in [0.4, 0.5) is 0 Å². The second-order valence-corrected chi connectivity index (χ2v) is 5.72. The average molecular weight is 272 g/mol. The average Bonchev–Trinajstić information content (AvgIpc) is 2.06. The van der Waals surface area contributed by atoms with E-state index in [0.29, 0.717) is 15.6 Å². The first-order chi connectivity index (χ1) is 6.40. The normalized spacial score (nSPS) is 12.2. The summed E-state index contributed by atoms with van der Waals surface area (Å²) in [5, 5.41) is 1.51. The third-order valence-electron chi connectivity index (χ3n) is 1.39. The van der Waals surface area contributed by atoms with E-state index >= 15 is 0 Å². The van der Waals surface area contributed by atoms with Gasteiger partial charge in [0.2, 0.25) is 0 Å². The Labute approximate surface area is 96.5 Å². The lowest BCUT2D eigenvalue weighted by Crippen LogP contribution is -1.81. The molecule has 0 bridgehead atoms. The molecule has 0 radical (unpaired) electrons. The van der Waals surface area contributed by atoms with Crippen molar-refractivity contribution in [3.05, 3.63) is 39.2 Å². The molecule has 0 aliphatic heterocycles. The van der Waals surface area contributed by atoms with Crippen molar-refractivity contribution in [1.82, 2.24) is 0 Å². The predicted molar refractivity (Wildman–Crippen MR) is 60.3 cm³/mol. The molecular formula is C8H5Cl3O2S. The number of hydrogen-bond acceptors (Lipinski definition) is 2. The van der Waals surface area contributed by atoms with Crippen LogP contribution in [0.2, 0.25) is 10.0 Å². The molecule has 0 aromatic heterocycles. The molecule has 14 heavy (non-hydrogen) atoms. The van der Waals surface area contributed by atoms with Gasteiger partial charge in [-0.1, -0.05) is 35.3 Å². The molecule has 0 amide bonds. The quantitative estimate of drug-likeness (QED) is 0.771. The highest BCUT2D eigenvalue weighted by atomic mass is 35.7. The lowest BCUT2D eigenvalue weighted by Gasteiger charge is -1.98. The van der Waals surface area contributed by atoms with Gasteiger partial charge in [0, 0.05) is 16.1 Å². The Bertz CT molecular complexity index is 465. The zero-order valence-corrected chi connectivity index (χ0v) is 9.83. The maximum Gasteiger partial charge on any atom is 0.254 e. The van der Waals surface area contributed by atoms with Crippen LogP contribution in [0, 0.1) is 0 Å². The third kappa shape index (κ3) is 3.50. The molecule has 6 heteroatoms. The summed E-state index contributed by atoms with van der Waals surface area (Å²) in [6, 6.07) is 4.90. The summed E-state index contributed by atoms with van der Waals surface area (Å²) in [7, 11) is 1.32. The lowest BCUT2D eigenvalue weighted by molar-refractivity contribution is 0.617. The van der Waals surface area contributed by atoms with Crippen LogP contribution in [0.3, 0.4) is 0 Å². The molecule has 0 saturated carbocycles. The second-order valence-electron chi connectivity index (χ2n) is 2.42. The number of halogens is 3. The smallest absolute Gasteiger partial charge is 0.208 e. The van der Waals surface area contributed by atoms with Crippen molar-refractivity contribution in [1.29, 1.82) is 0 Å². The fraction of sp³-hybridized carbons (Fsp3) is 0. The molecule has 0 unspecified atom stereocenters. The van der Waals surface area contributed by atoms with Crippen molar-refractivity contribution in [3.63, 3.8) is 0 Å².